The molecule has 3 amide bonds. The van der Waals surface area contributed by atoms with Gasteiger partial charge in [0.15, 0.2) is 0 Å². The fourth-order valence-electron chi connectivity index (χ4n) is 3.70. The number of amides is 3. The maximum Gasteiger partial charge on any atom is 0.325 e. The molecular weight excluding hydrogens is 266 g/mol. The van der Waals surface area contributed by atoms with Crippen molar-refractivity contribution in [1.82, 2.24) is 4.90 Å². The van der Waals surface area contributed by atoms with Gasteiger partial charge in [-0.3, -0.25) is 9.69 Å². The molecular formula is C16H21N3O2. The van der Waals surface area contributed by atoms with Gasteiger partial charge in [-0.25, -0.2) is 4.79 Å². The molecule has 2 aliphatic rings. The van der Waals surface area contributed by atoms with Crippen molar-refractivity contribution < 1.29 is 9.59 Å². The third kappa shape index (κ3) is 2.48. The normalized spacial score (nSPS) is 21.0. The van der Waals surface area contributed by atoms with E-state index in [0.717, 1.165) is 31.4 Å². The number of nitrogens with zero attached hydrogens (tertiary/aromatic N) is 2. The molecule has 1 spiro atoms. The molecule has 0 radical (unpaired) electrons. The molecule has 1 aromatic rings. The van der Waals surface area contributed by atoms with Gasteiger partial charge in [-0.2, -0.15) is 0 Å². The number of benzene rings is 1. The minimum absolute atomic E-state index is 0.00389. The summed E-state index contributed by atoms with van der Waals surface area (Å²) in [5.74, 6) is -0.454. The van der Waals surface area contributed by atoms with Crippen molar-refractivity contribution >= 4 is 17.6 Å². The second-order valence-corrected chi connectivity index (χ2v) is 6.06. The molecule has 112 valence electrons. The van der Waals surface area contributed by atoms with Gasteiger partial charge in [-0.1, -0.05) is 37.5 Å². The molecule has 0 aromatic heterocycles. The van der Waals surface area contributed by atoms with Crippen molar-refractivity contribution in [1.29, 1.82) is 0 Å². The number of nitrogens with two attached hydrogens (primary N) is 1. The Hall–Kier alpha value is -2.04. The fraction of sp³-hybridized carbons (Fsp3) is 0.500. The molecule has 21 heavy (non-hydrogen) atoms. The predicted molar refractivity (Wildman–Crippen MR) is 80.9 cm³/mol. The van der Waals surface area contributed by atoms with Crippen molar-refractivity contribution in [2.24, 2.45) is 5.73 Å². The van der Waals surface area contributed by atoms with E-state index in [1.807, 2.05) is 35.2 Å². The summed E-state index contributed by atoms with van der Waals surface area (Å²) in [6.07, 6.45) is 5.45. The van der Waals surface area contributed by atoms with Gasteiger partial charge in [0, 0.05) is 12.2 Å². The molecule has 2 fully saturated rings. The van der Waals surface area contributed by atoms with Crippen LogP contribution in [0.2, 0.25) is 0 Å². The predicted octanol–water partition coefficient (Wildman–Crippen LogP) is 2.12. The van der Waals surface area contributed by atoms with E-state index in [2.05, 4.69) is 0 Å². The zero-order valence-corrected chi connectivity index (χ0v) is 12.1. The molecule has 1 saturated heterocycles. The summed E-state index contributed by atoms with van der Waals surface area (Å²) in [6, 6.07) is 9.65. The highest BCUT2D eigenvalue weighted by atomic mass is 16.2. The number of carbonyl (C=O) groups is 2. The van der Waals surface area contributed by atoms with Gasteiger partial charge in [0.25, 0.3) is 0 Å². The molecule has 5 nitrogen and oxygen atoms in total. The first-order chi connectivity index (χ1) is 10.1. The Balaban J connectivity index is 1.96. The third-order valence-electron chi connectivity index (χ3n) is 4.57. The number of primary amides is 1. The molecule has 1 saturated carbocycles. The largest absolute Gasteiger partial charge is 0.368 e. The lowest BCUT2D eigenvalue weighted by Crippen LogP contribution is -2.48. The summed E-state index contributed by atoms with van der Waals surface area (Å²) in [6.45, 7) is 0.605. The van der Waals surface area contributed by atoms with Gasteiger partial charge in [-0.15, -0.1) is 0 Å². The first-order valence-electron chi connectivity index (χ1n) is 7.55. The van der Waals surface area contributed by atoms with E-state index in [1.165, 1.54) is 6.42 Å². The minimum atomic E-state index is -0.454. The summed E-state index contributed by atoms with van der Waals surface area (Å²) in [4.78, 5) is 27.5. The van der Waals surface area contributed by atoms with Crippen LogP contribution >= 0.6 is 0 Å². The fourth-order valence-corrected chi connectivity index (χ4v) is 3.70. The first-order valence-corrected chi connectivity index (χ1v) is 7.55. The van der Waals surface area contributed by atoms with Crippen LogP contribution in [-0.2, 0) is 4.79 Å². The SMILES string of the molecule is NC(=O)CN1CC2(CCCCC2)N(c2ccccc2)C1=O. The van der Waals surface area contributed by atoms with Crippen molar-refractivity contribution in [3.63, 3.8) is 0 Å². The first kappa shape index (κ1) is 13.9. The second-order valence-electron chi connectivity index (χ2n) is 6.06. The van der Waals surface area contributed by atoms with Crippen molar-refractivity contribution in [3.8, 4) is 0 Å². The van der Waals surface area contributed by atoms with Gasteiger partial charge >= 0.3 is 6.03 Å². The van der Waals surface area contributed by atoms with Crippen molar-refractivity contribution in [2.75, 3.05) is 18.0 Å². The van der Waals surface area contributed by atoms with Crippen LogP contribution in [0.15, 0.2) is 30.3 Å². The van der Waals surface area contributed by atoms with E-state index < -0.39 is 5.91 Å². The molecule has 2 N–H and O–H groups in total. The lowest BCUT2D eigenvalue weighted by molar-refractivity contribution is -0.118. The summed E-state index contributed by atoms with van der Waals surface area (Å²) in [5, 5.41) is 0. The summed E-state index contributed by atoms with van der Waals surface area (Å²) in [7, 11) is 0. The lowest BCUT2D eigenvalue weighted by atomic mass is 9.81. The molecule has 1 aliphatic carbocycles. The highest BCUT2D eigenvalue weighted by Gasteiger charge is 2.50. The molecule has 1 aliphatic heterocycles. The number of para-hydroxylation sites is 1. The molecule has 1 aromatic carbocycles. The van der Waals surface area contributed by atoms with Crippen LogP contribution < -0.4 is 10.6 Å². The lowest BCUT2D eigenvalue weighted by Gasteiger charge is -2.40. The Morgan fingerprint density at radius 3 is 2.43 bits per heavy atom. The summed E-state index contributed by atoms with van der Waals surface area (Å²) in [5.41, 5.74) is 6.02. The van der Waals surface area contributed by atoms with E-state index in [-0.39, 0.29) is 18.1 Å². The number of hydrogen-bond donors (Lipinski definition) is 1. The van der Waals surface area contributed by atoms with Crippen molar-refractivity contribution in [3.05, 3.63) is 30.3 Å². The molecule has 1 heterocycles. The highest BCUT2D eigenvalue weighted by Crippen LogP contribution is 2.41. The minimum Gasteiger partial charge on any atom is -0.368 e. The monoisotopic (exact) mass is 287 g/mol. The van der Waals surface area contributed by atoms with Crippen LogP contribution in [0.5, 0.6) is 0 Å². The number of urea groups is 1. The van der Waals surface area contributed by atoms with Crippen LogP contribution in [0, 0.1) is 0 Å². The van der Waals surface area contributed by atoms with Crippen LogP contribution in [0.4, 0.5) is 10.5 Å². The molecule has 3 rings (SSSR count). The zero-order chi connectivity index (χ0) is 14.9. The molecule has 0 bridgehead atoms. The van der Waals surface area contributed by atoms with E-state index >= 15 is 0 Å². The Bertz CT molecular complexity index is 538. The van der Waals surface area contributed by atoms with E-state index in [0.29, 0.717) is 6.54 Å². The molecule has 5 heteroatoms. The van der Waals surface area contributed by atoms with Crippen LogP contribution in [0.3, 0.4) is 0 Å². The van der Waals surface area contributed by atoms with Crippen LogP contribution in [-0.4, -0.2) is 35.5 Å². The summed E-state index contributed by atoms with van der Waals surface area (Å²) >= 11 is 0. The third-order valence-corrected chi connectivity index (χ3v) is 4.57. The Morgan fingerprint density at radius 2 is 1.81 bits per heavy atom. The average molecular weight is 287 g/mol. The van der Waals surface area contributed by atoms with Crippen molar-refractivity contribution in [2.45, 2.75) is 37.6 Å². The van der Waals surface area contributed by atoms with E-state index in [4.69, 9.17) is 5.73 Å². The van der Waals surface area contributed by atoms with Crippen LogP contribution in [0.25, 0.3) is 0 Å². The Morgan fingerprint density at radius 1 is 1.14 bits per heavy atom. The highest BCUT2D eigenvalue weighted by molar-refractivity contribution is 5.98. The zero-order valence-electron chi connectivity index (χ0n) is 12.1. The standard InChI is InChI=1S/C16H21N3O2/c17-14(20)11-18-12-16(9-5-2-6-10-16)19(15(18)21)13-7-3-1-4-8-13/h1,3-4,7-8H,2,5-6,9-12H2,(H2,17,20). The second kappa shape index (κ2) is 5.39. The van der Waals surface area contributed by atoms with Crippen LogP contribution in [0.1, 0.15) is 32.1 Å². The maximum absolute atomic E-state index is 12.8. The van der Waals surface area contributed by atoms with Gasteiger partial charge in [0.2, 0.25) is 5.91 Å². The Labute approximate surface area is 124 Å². The summed E-state index contributed by atoms with van der Waals surface area (Å²) < 4.78 is 0. The number of rotatable bonds is 3. The van der Waals surface area contributed by atoms with Gasteiger partial charge in [-0.05, 0) is 25.0 Å². The molecule has 0 unspecified atom stereocenters. The van der Waals surface area contributed by atoms with Gasteiger partial charge < -0.3 is 10.6 Å². The van der Waals surface area contributed by atoms with E-state index in [9.17, 15) is 9.59 Å². The number of anilines is 1. The number of carbonyl (C=O) groups excluding carboxylic acids is 2. The smallest absolute Gasteiger partial charge is 0.325 e. The Kier molecular flexibility index (Phi) is 3.57. The average Bonchev–Trinajstić information content (AvgIpc) is 2.72. The van der Waals surface area contributed by atoms with Gasteiger partial charge in [0.05, 0.1) is 5.54 Å². The number of hydrogen-bond acceptors (Lipinski definition) is 2. The topological polar surface area (TPSA) is 66.6 Å². The maximum atomic E-state index is 12.8. The van der Waals surface area contributed by atoms with E-state index in [1.54, 1.807) is 4.90 Å². The quantitative estimate of drug-likeness (QED) is 0.925. The van der Waals surface area contributed by atoms with Gasteiger partial charge in [0.1, 0.15) is 6.54 Å². The molecule has 0 atom stereocenters.